The van der Waals surface area contributed by atoms with E-state index in [1.807, 2.05) is 26.0 Å². The molecular weight excluding hydrogens is 270 g/mol. The molecule has 0 aromatic carbocycles. The lowest BCUT2D eigenvalue weighted by atomic mass is 10.1. The van der Waals surface area contributed by atoms with E-state index < -0.39 is 5.97 Å². The Morgan fingerprint density at radius 2 is 2.00 bits per heavy atom. The number of rotatable bonds is 6. The Balaban J connectivity index is 3.17. The zero-order valence-electron chi connectivity index (χ0n) is 13.1. The first kappa shape index (κ1) is 17.0. The fraction of sp³-hybridized carbons (Fsp3) is 0.500. The molecule has 1 N–H and O–H groups in total. The number of aliphatic imine (C=N–C) groups is 1. The molecule has 116 valence electrons. The predicted molar refractivity (Wildman–Crippen MR) is 81.8 cm³/mol. The Bertz CT molecular complexity index is 512. The maximum absolute atomic E-state index is 11.1. The van der Waals surface area contributed by atoms with E-state index in [-0.39, 0.29) is 12.4 Å². The largest absolute Gasteiger partial charge is 0.478 e. The van der Waals surface area contributed by atoms with Crippen molar-refractivity contribution < 1.29 is 19.4 Å². The molecule has 0 saturated carbocycles. The molecule has 0 aromatic heterocycles. The predicted octanol–water partition coefficient (Wildman–Crippen LogP) is 3.79. The summed E-state index contributed by atoms with van der Waals surface area (Å²) < 4.78 is 10.7. The molecule has 1 heterocycles. The molecule has 1 rings (SSSR count). The first-order valence-corrected chi connectivity index (χ1v) is 7.18. The summed E-state index contributed by atoms with van der Waals surface area (Å²) in [5.74, 6) is 0.401. The summed E-state index contributed by atoms with van der Waals surface area (Å²) in [6.45, 7) is 7.61. The molecule has 0 spiro atoms. The maximum Gasteiger partial charge on any atom is 0.333 e. The van der Waals surface area contributed by atoms with Gasteiger partial charge >= 0.3 is 5.97 Å². The van der Waals surface area contributed by atoms with Crippen LogP contribution in [0.25, 0.3) is 0 Å². The second-order valence-corrected chi connectivity index (χ2v) is 4.65. The van der Waals surface area contributed by atoms with Gasteiger partial charge in [0, 0.05) is 11.8 Å². The van der Waals surface area contributed by atoms with E-state index in [1.54, 1.807) is 6.92 Å². The molecule has 0 radical (unpaired) electrons. The van der Waals surface area contributed by atoms with Gasteiger partial charge in [-0.1, -0.05) is 20.3 Å². The summed E-state index contributed by atoms with van der Waals surface area (Å²) in [4.78, 5) is 15.6. The van der Waals surface area contributed by atoms with Crippen LogP contribution in [-0.2, 0) is 14.3 Å². The lowest BCUT2D eigenvalue weighted by molar-refractivity contribution is -0.132. The fourth-order valence-corrected chi connectivity index (χ4v) is 1.93. The van der Waals surface area contributed by atoms with Crippen LogP contribution >= 0.6 is 0 Å². The molecule has 0 atom stereocenters. The summed E-state index contributed by atoms with van der Waals surface area (Å²) >= 11 is 0. The SMILES string of the molecule is C/C=C1/OCO/C1=C/C(CCC)=N\C(CC)=C(/C)C(=O)O. The molecule has 0 amide bonds. The van der Waals surface area contributed by atoms with Crippen molar-refractivity contribution in [1.82, 2.24) is 0 Å². The molecule has 0 aromatic rings. The van der Waals surface area contributed by atoms with Gasteiger partial charge in [-0.05, 0) is 32.8 Å². The van der Waals surface area contributed by atoms with Crippen molar-refractivity contribution in [3.63, 3.8) is 0 Å². The molecule has 21 heavy (non-hydrogen) atoms. The zero-order chi connectivity index (χ0) is 15.8. The lowest BCUT2D eigenvalue weighted by Crippen LogP contribution is -2.03. The number of carboxylic acid groups (broad SMARTS) is 1. The highest BCUT2D eigenvalue weighted by molar-refractivity contribution is 5.97. The summed E-state index contributed by atoms with van der Waals surface area (Å²) in [6.07, 6.45) is 5.90. The van der Waals surface area contributed by atoms with Crippen molar-refractivity contribution in [2.75, 3.05) is 6.79 Å². The Morgan fingerprint density at radius 1 is 1.33 bits per heavy atom. The molecule has 5 nitrogen and oxygen atoms in total. The van der Waals surface area contributed by atoms with Crippen molar-refractivity contribution in [2.24, 2.45) is 4.99 Å². The molecule has 1 fully saturated rings. The number of nitrogens with zero attached hydrogens (tertiary/aromatic N) is 1. The van der Waals surface area contributed by atoms with Gasteiger partial charge in [-0.2, -0.15) is 0 Å². The van der Waals surface area contributed by atoms with Crippen LogP contribution in [0.1, 0.15) is 47.0 Å². The quantitative estimate of drug-likeness (QED) is 0.597. The summed E-state index contributed by atoms with van der Waals surface area (Å²) in [5.41, 5.74) is 1.66. The lowest BCUT2D eigenvalue weighted by Gasteiger charge is -2.06. The normalized spacial score (nSPS) is 20.3. The van der Waals surface area contributed by atoms with Crippen LogP contribution < -0.4 is 0 Å². The highest BCUT2D eigenvalue weighted by Crippen LogP contribution is 2.22. The Labute approximate surface area is 125 Å². The van der Waals surface area contributed by atoms with Gasteiger partial charge in [-0.3, -0.25) is 4.99 Å². The van der Waals surface area contributed by atoms with Gasteiger partial charge in [-0.25, -0.2) is 4.79 Å². The third-order valence-electron chi connectivity index (χ3n) is 3.10. The van der Waals surface area contributed by atoms with E-state index in [2.05, 4.69) is 11.9 Å². The third-order valence-corrected chi connectivity index (χ3v) is 3.10. The molecule has 0 aliphatic carbocycles. The average Bonchev–Trinajstić information content (AvgIpc) is 2.91. The fourth-order valence-electron chi connectivity index (χ4n) is 1.93. The van der Waals surface area contributed by atoms with Crippen LogP contribution in [0.5, 0.6) is 0 Å². The Hall–Kier alpha value is -2.04. The molecule has 0 bridgehead atoms. The molecule has 1 saturated heterocycles. The van der Waals surface area contributed by atoms with E-state index in [0.717, 1.165) is 18.6 Å². The number of ether oxygens (including phenoxy) is 2. The standard InChI is InChI=1S/C16H23NO4/c1-5-8-12(9-15-14(7-3)20-10-21-15)17-13(6-2)11(4)16(18)19/h7,9H,5-6,8,10H2,1-4H3,(H,18,19)/b13-11+,14-7+,15-9+,17-12-. The monoisotopic (exact) mass is 293 g/mol. The number of aliphatic carboxylic acids is 1. The number of hydrogen-bond donors (Lipinski definition) is 1. The number of carboxylic acids is 1. The smallest absolute Gasteiger partial charge is 0.333 e. The minimum Gasteiger partial charge on any atom is -0.478 e. The number of hydrogen-bond acceptors (Lipinski definition) is 4. The van der Waals surface area contributed by atoms with Gasteiger partial charge in [0.15, 0.2) is 11.5 Å². The first-order chi connectivity index (χ1) is 10.0. The molecular formula is C16H23NO4. The molecule has 1 aliphatic rings. The summed E-state index contributed by atoms with van der Waals surface area (Å²) in [7, 11) is 0. The summed E-state index contributed by atoms with van der Waals surface area (Å²) in [6, 6.07) is 0. The Kier molecular flexibility index (Phi) is 6.72. The topological polar surface area (TPSA) is 68.1 Å². The summed E-state index contributed by atoms with van der Waals surface area (Å²) in [5, 5.41) is 9.09. The number of allylic oxidation sites excluding steroid dienone is 3. The minimum absolute atomic E-state index is 0.204. The van der Waals surface area contributed by atoms with Crippen LogP contribution in [0.2, 0.25) is 0 Å². The van der Waals surface area contributed by atoms with E-state index in [0.29, 0.717) is 23.6 Å². The number of carbonyl (C=O) groups is 1. The van der Waals surface area contributed by atoms with Crippen molar-refractivity contribution in [3.8, 4) is 0 Å². The van der Waals surface area contributed by atoms with Crippen LogP contribution in [0.4, 0.5) is 0 Å². The van der Waals surface area contributed by atoms with Gasteiger partial charge in [0.05, 0.1) is 11.3 Å². The zero-order valence-corrected chi connectivity index (χ0v) is 13.1. The molecule has 0 unspecified atom stereocenters. The first-order valence-electron chi connectivity index (χ1n) is 7.18. The van der Waals surface area contributed by atoms with Gasteiger partial charge in [0.1, 0.15) is 0 Å². The van der Waals surface area contributed by atoms with Gasteiger partial charge < -0.3 is 14.6 Å². The second kappa shape index (κ2) is 8.29. The van der Waals surface area contributed by atoms with E-state index >= 15 is 0 Å². The van der Waals surface area contributed by atoms with Crippen LogP contribution in [0.15, 0.2) is 39.9 Å². The molecule has 5 heteroatoms. The van der Waals surface area contributed by atoms with Crippen LogP contribution in [0.3, 0.4) is 0 Å². The molecule has 1 aliphatic heterocycles. The second-order valence-electron chi connectivity index (χ2n) is 4.65. The van der Waals surface area contributed by atoms with Crippen molar-refractivity contribution in [3.05, 3.63) is 34.9 Å². The van der Waals surface area contributed by atoms with Crippen LogP contribution in [0, 0.1) is 0 Å². The maximum atomic E-state index is 11.1. The van der Waals surface area contributed by atoms with E-state index in [9.17, 15) is 4.79 Å². The van der Waals surface area contributed by atoms with Gasteiger partial charge in [-0.15, -0.1) is 0 Å². The van der Waals surface area contributed by atoms with E-state index in [1.165, 1.54) is 0 Å². The van der Waals surface area contributed by atoms with Gasteiger partial charge in [0.25, 0.3) is 0 Å². The highest BCUT2D eigenvalue weighted by atomic mass is 16.7. The van der Waals surface area contributed by atoms with Crippen molar-refractivity contribution in [1.29, 1.82) is 0 Å². The average molecular weight is 293 g/mol. The highest BCUT2D eigenvalue weighted by Gasteiger charge is 2.16. The third kappa shape index (κ3) is 4.77. The van der Waals surface area contributed by atoms with Gasteiger partial charge in [0.2, 0.25) is 6.79 Å². The Morgan fingerprint density at radius 3 is 2.52 bits per heavy atom. The van der Waals surface area contributed by atoms with E-state index in [4.69, 9.17) is 14.6 Å². The van der Waals surface area contributed by atoms with Crippen molar-refractivity contribution >= 4 is 11.7 Å². The van der Waals surface area contributed by atoms with Crippen molar-refractivity contribution in [2.45, 2.75) is 47.0 Å². The minimum atomic E-state index is -0.936. The van der Waals surface area contributed by atoms with Crippen LogP contribution in [-0.4, -0.2) is 23.6 Å².